The van der Waals surface area contributed by atoms with E-state index in [1.54, 1.807) is 6.07 Å². The minimum atomic E-state index is 0.0923. The molecule has 1 atom stereocenters. The summed E-state index contributed by atoms with van der Waals surface area (Å²) < 4.78 is 0. The zero-order valence-corrected chi connectivity index (χ0v) is 16.0. The lowest BCUT2D eigenvalue weighted by molar-refractivity contribution is 0.443. The van der Waals surface area contributed by atoms with Gasteiger partial charge in [0.25, 0.3) is 0 Å². The molecular weight excluding hydrogens is 356 g/mol. The Labute approximate surface area is 161 Å². The monoisotopic (exact) mass is 376 g/mol. The molecule has 2 aromatic carbocycles. The van der Waals surface area contributed by atoms with Gasteiger partial charge in [0.1, 0.15) is 10.8 Å². The molecule has 0 saturated carbocycles. The average Bonchev–Trinajstić information content (AvgIpc) is 2.67. The third kappa shape index (κ3) is 3.43. The van der Waals surface area contributed by atoms with Crippen molar-refractivity contribution in [3.8, 4) is 11.6 Å². The standard InChI is InChI=1S/C22H20N2O2S/c1-13(17-11-15-5-3-4-6-18(15)23-21(17)26)9-14-7-8-16-12-20(25)22(27-2)24-19(16)10-14/h3-8,10-13,25H,9H2,1-2H3,(H,23,26). The Bertz CT molecular complexity index is 1140. The van der Waals surface area contributed by atoms with Gasteiger partial charge in [0, 0.05) is 16.3 Å². The summed E-state index contributed by atoms with van der Waals surface area (Å²) >= 11 is 1.43. The van der Waals surface area contributed by atoms with Gasteiger partial charge in [-0.25, -0.2) is 9.97 Å². The van der Waals surface area contributed by atoms with Gasteiger partial charge in [0.15, 0.2) is 0 Å². The Morgan fingerprint density at radius 2 is 1.70 bits per heavy atom. The molecule has 4 rings (SSSR count). The Kier molecular flexibility index (Phi) is 4.62. The number of para-hydroxylation sites is 1. The molecule has 5 heteroatoms. The van der Waals surface area contributed by atoms with Crippen LogP contribution in [0.15, 0.2) is 59.6 Å². The number of hydrogen-bond acceptors (Lipinski definition) is 5. The first kappa shape index (κ1) is 17.6. The van der Waals surface area contributed by atoms with E-state index in [-0.39, 0.29) is 17.5 Å². The zero-order valence-electron chi connectivity index (χ0n) is 15.2. The van der Waals surface area contributed by atoms with Crippen LogP contribution < -0.4 is 0 Å². The molecule has 2 aromatic heterocycles. The molecule has 136 valence electrons. The van der Waals surface area contributed by atoms with Gasteiger partial charge in [-0.1, -0.05) is 37.3 Å². The Hall–Kier alpha value is -2.79. The van der Waals surface area contributed by atoms with E-state index >= 15 is 0 Å². The fraction of sp³-hybridized carbons (Fsp3) is 0.182. The lowest BCUT2D eigenvalue weighted by Crippen LogP contribution is -2.01. The summed E-state index contributed by atoms with van der Waals surface area (Å²) in [7, 11) is 0. The van der Waals surface area contributed by atoms with Gasteiger partial charge < -0.3 is 10.2 Å². The smallest absolute Gasteiger partial charge is 0.214 e. The lowest BCUT2D eigenvalue weighted by atomic mass is 9.93. The highest BCUT2D eigenvalue weighted by Crippen LogP contribution is 2.32. The van der Waals surface area contributed by atoms with E-state index in [0.29, 0.717) is 5.03 Å². The number of rotatable bonds is 4. The lowest BCUT2D eigenvalue weighted by Gasteiger charge is -2.15. The second-order valence-electron chi connectivity index (χ2n) is 6.74. The first-order valence-electron chi connectivity index (χ1n) is 8.80. The number of aromatic hydroxyl groups is 2. The molecule has 0 bridgehead atoms. The molecule has 0 radical (unpaired) electrons. The van der Waals surface area contributed by atoms with Crippen LogP contribution in [0.25, 0.3) is 21.8 Å². The second kappa shape index (κ2) is 7.08. The number of fused-ring (bicyclic) bond motifs is 2. The first-order chi connectivity index (χ1) is 13.0. The highest BCUT2D eigenvalue weighted by Gasteiger charge is 2.15. The molecule has 4 nitrogen and oxygen atoms in total. The quantitative estimate of drug-likeness (QED) is 0.476. The van der Waals surface area contributed by atoms with E-state index in [2.05, 4.69) is 23.0 Å². The normalized spacial score (nSPS) is 12.5. The number of thioether (sulfide) groups is 1. The van der Waals surface area contributed by atoms with Crippen molar-refractivity contribution in [2.45, 2.75) is 24.3 Å². The summed E-state index contributed by atoms with van der Waals surface area (Å²) in [6.45, 7) is 2.09. The number of pyridine rings is 2. The van der Waals surface area contributed by atoms with E-state index in [1.165, 1.54) is 11.8 Å². The molecule has 2 N–H and O–H groups in total. The SMILES string of the molecule is CSc1nc2cc(CC(C)c3cc4ccccc4nc3O)ccc2cc1O. The van der Waals surface area contributed by atoms with Crippen LogP contribution in [0, 0.1) is 0 Å². The van der Waals surface area contributed by atoms with Crippen LogP contribution in [0.3, 0.4) is 0 Å². The second-order valence-corrected chi connectivity index (χ2v) is 7.54. The first-order valence-corrected chi connectivity index (χ1v) is 10.0. The zero-order chi connectivity index (χ0) is 19.0. The molecule has 4 aromatic rings. The predicted molar refractivity (Wildman–Crippen MR) is 111 cm³/mol. The number of hydrogen-bond donors (Lipinski definition) is 2. The van der Waals surface area contributed by atoms with Crippen LogP contribution in [0.4, 0.5) is 0 Å². The molecule has 0 aliphatic heterocycles. The molecule has 0 aliphatic rings. The van der Waals surface area contributed by atoms with Crippen LogP contribution in [-0.4, -0.2) is 26.4 Å². The third-order valence-electron chi connectivity index (χ3n) is 4.83. The fourth-order valence-electron chi connectivity index (χ4n) is 3.41. The highest BCUT2D eigenvalue weighted by atomic mass is 32.2. The summed E-state index contributed by atoms with van der Waals surface area (Å²) in [6.07, 6.45) is 2.66. The Morgan fingerprint density at radius 3 is 2.52 bits per heavy atom. The van der Waals surface area contributed by atoms with Crippen molar-refractivity contribution in [2.24, 2.45) is 0 Å². The van der Waals surface area contributed by atoms with Crippen molar-refractivity contribution in [1.82, 2.24) is 9.97 Å². The van der Waals surface area contributed by atoms with Gasteiger partial charge in [-0.05, 0) is 48.4 Å². The molecule has 0 aliphatic carbocycles. The van der Waals surface area contributed by atoms with Gasteiger partial charge >= 0.3 is 0 Å². The van der Waals surface area contributed by atoms with Gasteiger partial charge in [0.05, 0.1) is 11.0 Å². The maximum absolute atomic E-state index is 10.4. The van der Waals surface area contributed by atoms with Crippen LogP contribution in [0.2, 0.25) is 0 Å². The molecule has 2 heterocycles. The maximum atomic E-state index is 10.4. The number of nitrogens with zero attached hydrogens (tertiary/aromatic N) is 2. The minimum Gasteiger partial charge on any atom is -0.505 e. The maximum Gasteiger partial charge on any atom is 0.214 e. The van der Waals surface area contributed by atoms with Crippen molar-refractivity contribution in [2.75, 3.05) is 6.26 Å². The van der Waals surface area contributed by atoms with Crippen molar-refractivity contribution in [1.29, 1.82) is 0 Å². The van der Waals surface area contributed by atoms with Crippen molar-refractivity contribution in [3.05, 3.63) is 65.7 Å². The molecule has 0 fully saturated rings. The van der Waals surface area contributed by atoms with Crippen molar-refractivity contribution < 1.29 is 10.2 Å². The molecular formula is C22H20N2O2S. The topological polar surface area (TPSA) is 66.2 Å². The summed E-state index contributed by atoms with van der Waals surface area (Å²) in [4.78, 5) is 8.88. The van der Waals surface area contributed by atoms with Crippen molar-refractivity contribution >= 4 is 33.6 Å². The molecule has 27 heavy (non-hydrogen) atoms. The molecule has 0 saturated heterocycles. The predicted octanol–water partition coefficient (Wildman–Crippen LogP) is 5.26. The van der Waals surface area contributed by atoms with E-state index < -0.39 is 0 Å². The van der Waals surface area contributed by atoms with Gasteiger partial charge in [-0.2, -0.15) is 0 Å². The average molecular weight is 376 g/mol. The number of benzene rings is 2. The molecule has 0 spiro atoms. The Balaban J connectivity index is 1.67. The molecule has 1 unspecified atom stereocenters. The van der Waals surface area contributed by atoms with Crippen LogP contribution in [0.1, 0.15) is 24.0 Å². The minimum absolute atomic E-state index is 0.0923. The van der Waals surface area contributed by atoms with Gasteiger partial charge in [-0.15, -0.1) is 11.8 Å². The van der Waals surface area contributed by atoms with Crippen LogP contribution in [0.5, 0.6) is 11.6 Å². The summed E-state index contributed by atoms with van der Waals surface area (Å²) in [5, 5.41) is 22.9. The Morgan fingerprint density at radius 1 is 0.926 bits per heavy atom. The van der Waals surface area contributed by atoms with E-state index in [0.717, 1.165) is 39.4 Å². The summed E-state index contributed by atoms with van der Waals surface area (Å²) in [5.41, 5.74) is 3.64. The van der Waals surface area contributed by atoms with Gasteiger partial charge in [0.2, 0.25) is 5.88 Å². The van der Waals surface area contributed by atoms with E-state index in [1.807, 2.05) is 48.7 Å². The fourth-order valence-corrected chi connectivity index (χ4v) is 3.87. The van der Waals surface area contributed by atoms with Gasteiger partial charge in [-0.3, -0.25) is 0 Å². The van der Waals surface area contributed by atoms with E-state index in [4.69, 9.17) is 0 Å². The highest BCUT2D eigenvalue weighted by molar-refractivity contribution is 7.98. The molecule has 0 amide bonds. The summed E-state index contributed by atoms with van der Waals surface area (Å²) in [6, 6.07) is 17.6. The van der Waals surface area contributed by atoms with Crippen LogP contribution >= 0.6 is 11.8 Å². The van der Waals surface area contributed by atoms with Crippen molar-refractivity contribution in [3.63, 3.8) is 0 Å². The van der Waals surface area contributed by atoms with Crippen LogP contribution in [-0.2, 0) is 6.42 Å². The van der Waals surface area contributed by atoms with E-state index in [9.17, 15) is 10.2 Å². The third-order valence-corrected chi connectivity index (χ3v) is 5.51. The number of aromatic nitrogens is 2. The largest absolute Gasteiger partial charge is 0.505 e. The summed E-state index contributed by atoms with van der Waals surface area (Å²) in [5.74, 6) is 0.412.